The van der Waals surface area contributed by atoms with Crippen LogP contribution in [0, 0.1) is 6.33 Å². The Bertz CT molecular complexity index is 1890. The third kappa shape index (κ3) is 5.31. The topological polar surface area (TPSA) is 43.8 Å². The predicted molar refractivity (Wildman–Crippen MR) is 165 cm³/mol. The average molecular weight is 543 g/mol. The normalized spacial score (nSPS) is 10.9. The molecule has 200 valence electrons. The molecule has 0 aliphatic rings. The minimum absolute atomic E-state index is 0.701. The number of aromatic nitrogens is 4. The predicted octanol–water partition coefficient (Wildman–Crippen LogP) is 8.14. The monoisotopic (exact) mass is 542 g/mol. The van der Waals surface area contributed by atoms with Crippen LogP contribution >= 0.6 is 0 Å². The van der Waals surface area contributed by atoms with E-state index in [4.69, 9.17) is 14.8 Å². The van der Waals surface area contributed by atoms with Gasteiger partial charge in [-0.2, -0.15) is 4.68 Å². The van der Waals surface area contributed by atoms with Gasteiger partial charge in [0.15, 0.2) is 0 Å². The van der Waals surface area contributed by atoms with Crippen molar-refractivity contribution in [1.82, 2.24) is 14.8 Å². The van der Waals surface area contributed by atoms with Gasteiger partial charge in [0.2, 0.25) is 12.2 Å². The van der Waals surface area contributed by atoms with Crippen molar-refractivity contribution in [1.29, 1.82) is 0 Å². The first kappa shape index (κ1) is 25.2. The zero-order valence-corrected chi connectivity index (χ0v) is 22.7. The first-order valence-corrected chi connectivity index (χ1v) is 13.8. The van der Waals surface area contributed by atoms with Gasteiger partial charge in [-0.25, -0.2) is 4.98 Å². The van der Waals surface area contributed by atoms with Crippen LogP contribution in [0.25, 0.3) is 45.3 Å². The highest BCUT2D eigenvalue weighted by molar-refractivity contribution is 5.67. The van der Waals surface area contributed by atoms with Crippen LogP contribution in [0.15, 0.2) is 158 Å². The van der Waals surface area contributed by atoms with Gasteiger partial charge in [0, 0.05) is 22.4 Å². The Morgan fingerprint density at radius 2 is 1.10 bits per heavy atom. The highest BCUT2D eigenvalue weighted by Crippen LogP contribution is 2.29. The van der Waals surface area contributed by atoms with E-state index in [9.17, 15) is 0 Å². The van der Waals surface area contributed by atoms with Crippen molar-refractivity contribution >= 4 is 0 Å². The van der Waals surface area contributed by atoms with Crippen molar-refractivity contribution < 1.29 is 9.30 Å². The van der Waals surface area contributed by atoms with E-state index < -0.39 is 0 Å². The van der Waals surface area contributed by atoms with Gasteiger partial charge in [0.25, 0.3) is 0 Å². The van der Waals surface area contributed by atoms with Crippen LogP contribution in [0.4, 0.5) is 0 Å². The van der Waals surface area contributed by atoms with Gasteiger partial charge in [0.1, 0.15) is 11.5 Å². The largest absolute Gasteiger partial charge is 0.458 e. The van der Waals surface area contributed by atoms with Gasteiger partial charge in [-0.05, 0) is 41.5 Å². The second-order valence-electron chi connectivity index (χ2n) is 9.77. The number of hydrogen-bond donors (Lipinski definition) is 0. The molecule has 0 aliphatic carbocycles. The lowest BCUT2D eigenvalue weighted by atomic mass is 10.1. The number of pyridine rings is 1. The van der Waals surface area contributed by atoms with E-state index in [0.717, 1.165) is 51.0 Å². The fourth-order valence-corrected chi connectivity index (χ4v) is 4.85. The lowest BCUT2D eigenvalue weighted by molar-refractivity contribution is -0.589. The summed E-state index contributed by atoms with van der Waals surface area (Å²) < 4.78 is 10.1. The standard InChI is InChI=1S/C37H26N4O/c1-4-13-28(14-5-1)35-23-12-24-36(38-35)30-17-10-21-33(25-30)42-34-22-11-20-32(26-34)41-27-40(31-18-8-3-9-19-31)37(39-41)29-15-6-2-7-16-29/h1-26H. The van der Waals surface area contributed by atoms with E-state index in [2.05, 4.69) is 30.6 Å². The Balaban J connectivity index is 1.19. The molecule has 2 aromatic heterocycles. The number of benzene rings is 5. The fraction of sp³-hybridized carbons (Fsp3) is 0. The van der Waals surface area contributed by atoms with Gasteiger partial charge in [-0.15, -0.1) is 0 Å². The molecule has 7 rings (SSSR count). The van der Waals surface area contributed by atoms with Gasteiger partial charge in [-0.3, -0.25) is 0 Å². The molecular formula is C37H26N4O. The first-order valence-electron chi connectivity index (χ1n) is 13.8. The molecule has 0 amide bonds. The zero-order chi connectivity index (χ0) is 28.1. The average Bonchev–Trinajstić information content (AvgIpc) is 3.52. The van der Waals surface area contributed by atoms with Crippen LogP contribution in [-0.2, 0) is 0 Å². The number of para-hydroxylation sites is 1. The molecule has 0 unspecified atom stereocenters. The minimum Gasteiger partial charge on any atom is -0.458 e. The summed E-state index contributed by atoms with van der Waals surface area (Å²) in [5.41, 5.74) is 6.72. The summed E-state index contributed by atoms with van der Waals surface area (Å²) in [7, 11) is 0. The molecule has 0 aliphatic heterocycles. The highest BCUT2D eigenvalue weighted by atomic mass is 16.5. The number of ether oxygens (including phenoxy) is 1. The number of hydrogen-bond acceptors (Lipinski definition) is 3. The SMILES string of the molecule is [c-]1n(-c2cccc(Oc3cccc(-c4cccc(-c5ccccc5)n4)c3)c2)nc(-c2ccccc2)[n+]1-c1ccccc1. The molecule has 5 aromatic carbocycles. The highest BCUT2D eigenvalue weighted by Gasteiger charge is 2.15. The van der Waals surface area contributed by atoms with E-state index in [1.165, 1.54) is 0 Å². The molecule has 0 bridgehead atoms. The van der Waals surface area contributed by atoms with E-state index >= 15 is 0 Å². The maximum atomic E-state index is 6.33. The molecule has 0 atom stereocenters. The quantitative estimate of drug-likeness (QED) is 0.151. The third-order valence-electron chi connectivity index (χ3n) is 6.89. The summed E-state index contributed by atoms with van der Waals surface area (Å²) in [6.07, 6.45) is 3.41. The molecule has 0 radical (unpaired) electrons. The van der Waals surface area contributed by atoms with E-state index in [-0.39, 0.29) is 0 Å². The molecular weight excluding hydrogens is 516 g/mol. The first-order chi connectivity index (χ1) is 20.8. The maximum absolute atomic E-state index is 6.33. The molecule has 7 aromatic rings. The Hall–Kier alpha value is -5.81. The molecule has 5 nitrogen and oxygen atoms in total. The van der Waals surface area contributed by atoms with Gasteiger partial charge < -0.3 is 9.30 Å². The van der Waals surface area contributed by atoms with Gasteiger partial charge in [-0.1, -0.05) is 121 Å². The van der Waals surface area contributed by atoms with E-state index in [1.54, 1.807) is 4.68 Å². The molecule has 2 heterocycles. The van der Waals surface area contributed by atoms with Crippen molar-refractivity contribution in [2.75, 3.05) is 0 Å². The molecule has 0 fully saturated rings. The summed E-state index contributed by atoms with van der Waals surface area (Å²) in [5.74, 6) is 2.23. The van der Waals surface area contributed by atoms with Crippen LogP contribution in [0.2, 0.25) is 0 Å². The summed E-state index contributed by atoms with van der Waals surface area (Å²) in [4.78, 5) is 4.90. The van der Waals surface area contributed by atoms with Gasteiger partial charge in [0.05, 0.1) is 17.1 Å². The number of nitrogens with zero attached hydrogens (tertiary/aromatic N) is 4. The summed E-state index contributed by atoms with van der Waals surface area (Å²) in [6, 6.07) is 52.4. The van der Waals surface area contributed by atoms with Crippen molar-refractivity contribution in [2.45, 2.75) is 0 Å². The Morgan fingerprint density at radius 3 is 1.83 bits per heavy atom. The van der Waals surface area contributed by atoms with Gasteiger partial charge >= 0.3 is 0 Å². The second-order valence-corrected chi connectivity index (χ2v) is 9.77. The van der Waals surface area contributed by atoms with E-state index in [1.807, 2.05) is 138 Å². The minimum atomic E-state index is 0.701. The van der Waals surface area contributed by atoms with Crippen LogP contribution in [-0.4, -0.2) is 14.8 Å². The Labute approximate surface area is 244 Å². The van der Waals surface area contributed by atoms with Crippen molar-refractivity contribution in [3.05, 3.63) is 164 Å². The van der Waals surface area contributed by atoms with Crippen LogP contribution in [0.1, 0.15) is 0 Å². The van der Waals surface area contributed by atoms with Crippen molar-refractivity contribution in [3.8, 4) is 56.8 Å². The zero-order valence-electron chi connectivity index (χ0n) is 22.7. The van der Waals surface area contributed by atoms with Crippen LogP contribution < -0.4 is 9.30 Å². The second kappa shape index (κ2) is 11.4. The third-order valence-corrected chi connectivity index (χ3v) is 6.89. The van der Waals surface area contributed by atoms with Crippen LogP contribution in [0.5, 0.6) is 11.5 Å². The summed E-state index contributed by atoms with van der Waals surface area (Å²) in [6.45, 7) is 0. The Morgan fingerprint density at radius 1 is 0.524 bits per heavy atom. The summed E-state index contributed by atoms with van der Waals surface area (Å²) >= 11 is 0. The van der Waals surface area contributed by atoms with Crippen molar-refractivity contribution in [3.63, 3.8) is 0 Å². The lowest BCUT2D eigenvalue weighted by Gasteiger charge is -2.10. The molecule has 0 N–H and O–H groups in total. The van der Waals surface area contributed by atoms with Crippen LogP contribution in [0.3, 0.4) is 0 Å². The molecule has 42 heavy (non-hydrogen) atoms. The lowest BCUT2D eigenvalue weighted by Crippen LogP contribution is -2.31. The molecule has 0 spiro atoms. The fourth-order valence-electron chi connectivity index (χ4n) is 4.85. The van der Waals surface area contributed by atoms with Crippen molar-refractivity contribution in [2.24, 2.45) is 0 Å². The number of rotatable bonds is 7. The molecule has 5 heteroatoms. The van der Waals surface area contributed by atoms with E-state index in [0.29, 0.717) is 5.75 Å². The maximum Gasteiger partial charge on any atom is 0.231 e. The smallest absolute Gasteiger partial charge is 0.231 e. The molecule has 0 saturated carbocycles. The molecule has 0 saturated heterocycles. The Kier molecular flexibility index (Phi) is 6.81. The summed E-state index contributed by atoms with van der Waals surface area (Å²) in [5, 5.41) is 4.92.